The van der Waals surface area contributed by atoms with Crippen molar-refractivity contribution in [2.24, 2.45) is 12.2 Å². The van der Waals surface area contributed by atoms with Crippen molar-refractivity contribution in [2.75, 3.05) is 0 Å². The largest absolute Gasteiger partial charge is 0.266 e. The third-order valence-corrected chi connectivity index (χ3v) is 2.54. The number of azide groups is 1. The number of aromatic nitrogens is 2. The summed E-state index contributed by atoms with van der Waals surface area (Å²) < 4.78 is 2.44. The van der Waals surface area contributed by atoms with Gasteiger partial charge in [-0.05, 0) is 21.5 Å². The van der Waals surface area contributed by atoms with Crippen LogP contribution in [0.2, 0.25) is 0 Å². The fourth-order valence-electron chi connectivity index (χ4n) is 1.40. The molecule has 1 aromatic heterocycles. The molecule has 6 heteroatoms. The Morgan fingerprint density at radius 3 is 3.07 bits per heavy atom. The summed E-state index contributed by atoms with van der Waals surface area (Å²) >= 11 is 3.34. The molecule has 1 aromatic carbocycles. The number of hydrogen-bond donors (Lipinski definition) is 0. The number of rotatable bonds is 1. The highest BCUT2D eigenvalue weighted by Crippen LogP contribution is 2.30. The molecule has 0 aliphatic carbocycles. The molecule has 0 saturated carbocycles. The van der Waals surface area contributed by atoms with Crippen molar-refractivity contribution >= 4 is 32.5 Å². The third-order valence-electron chi connectivity index (χ3n) is 1.95. The van der Waals surface area contributed by atoms with Gasteiger partial charge in [0.15, 0.2) is 0 Å². The van der Waals surface area contributed by atoms with Gasteiger partial charge in [0.2, 0.25) is 0 Å². The predicted octanol–water partition coefficient (Wildman–Crippen LogP) is 3.28. The van der Waals surface area contributed by atoms with Gasteiger partial charge >= 0.3 is 0 Å². The minimum absolute atomic E-state index is 0.589. The van der Waals surface area contributed by atoms with Crippen LogP contribution in [0.4, 0.5) is 5.69 Å². The Bertz CT molecular complexity index is 538. The molecule has 0 N–H and O–H groups in total. The molecule has 2 aromatic rings. The van der Waals surface area contributed by atoms with Gasteiger partial charge in [0.05, 0.1) is 11.2 Å². The van der Waals surface area contributed by atoms with E-state index in [4.69, 9.17) is 5.53 Å². The van der Waals surface area contributed by atoms with E-state index in [0.29, 0.717) is 5.69 Å². The second-order valence-corrected chi connectivity index (χ2v) is 3.53. The molecule has 2 rings (SSSR count). The van der Waals surface area contributed by atoms with Gasteiger partial charge in [-0.1, -0.05) is 23.3 Å². The molecule has 0 atom stereocenters. The SMILES string of the molecule is Cn1nc(Br)c2cccc(N=[N+]=[N-])c21. The summed E-state index contributed by atoms with van der Waals surface area (Å²) in [4.78, 5) is 2.78. The molecule has 0 aliphatic rings. The van der Waals surface area contributed by atoms with Gasteiger partial charge in [0.1, 0.15) is 4.60 Å². The lowest BCUT2D eigenvalue weighted by Crippen LogP contribution is -1.88. The molecule has 0 spiro atoms. The van der Waals surface area contributed by atoms with Crippen molar-refractivity contribution in [3.63, 3.8) is 0 Å². The average molecular weight is 252 g/mol. The second kappa shape index (κ2) is 3.32. The first-order valence-electron chi connectivity index (χ1n) is 3.90. The van der Waals surface area contributed by atoms with E-state index >= 15 is 0 Å². The molecule has 70 valence electrons. The highest BCUT2D eigenvalue weighted by Gasteiger charge is 2.08. The van der Waals surface area contributed by atoms with Crippen molar-refractivity contribution in [1.29, 1.82) is 0 Å². The van der Waals surface area contributed by atoms with Crippen LogP contribution in [0.1, 0.15) is 0 Å². The molecule has 0 fully saturated rings. The summed E-state index contributed by atoms with van der Waals surface area (Å²) in [5.41, 5.74) is 9.81. The Balaban J connectivity index is 2.91. The molecule has 1 heterocycles. The number of aryl methyl sites for hydroxylation is 1. The first-order chi connectivity index (χ1) is 6.74. The van der Waals surface area contributed by atoms with E-state index in [1.165, 1.54) is 0 Å². The van der Waals surface area contributed by atoms with E-state index in [1.54, 1.807) is 10.7 Å². The van der Waals surface area contributed by atoms with E-state index in [-0.39, 0.29) is 0 Å². The van der Waals surface area contributed by atoms with Crippen molar-refractivity contribution in [3.05, 3.63) is 33.2 Å². The van der Waals surface area contributed by atoms with Gasteiger partial charge in [0.25, 0.3) is 0 Å². The molecule has 0 bridgehead atoms. The predicted molar refractivity (Wildman–Crippen MR) is 57.2 cm³/mol. The molecule has 5 nitrogen and oxygen atoms in total. The standard InChI is InChI=1S/C8H6BrN5/c1-14-7-5(8(9)12-14)3-2-4-6(7)11-13-10/h2-4H,1H3. The number of nitrogens with zero attached hydrogens (tertiary/aromatic N) is 5. The fourth-order valence-corrected chi connectivity index (χ4v) is 1.96. The van der Waals surface area contributed by atoms with Crippen LogP contribution >= 0.6 is 15.9 Å². The van der Waals surface area contributed by atoms with E-state index in [1.807, 2.05) is 19.2 Å². The Morgan fingerprint density at radius 1 is 1.57 bits per heavy atom. The maximum atomic E-state index is 8.39. The Labute approximate surface area is 88.1 Å². The summed E-state index contributed by atoms with van der Waals surface area (Å²) in [7, 11) is 1.81. The van der Waals surface area contributed by atoms with E-state index in [9.17, 15) is 0 Å². The van der Waals surface area contributed by atoms with Crippen LogP contribution in [0.25, 0.3) is 21.3 Å². The lowest BCUT2D eigenvalue weighted by atomic mass is 10.2. The summed E-state index contributed by atoms with van der Waals surface area (Å²) in [5, 5.41) is 8.73. The lowest BCUT2D eigenvalue weighted by molar-refractivity contribution is 0.788. The minimum atomic E-state index is 0.589. The van der Waals surface area contributed by atoms with Crippen LogP contribution < -0.4 is 0 Å². The molecule has 0 aliphatic heterocycles. The van der Waals surface area contributed by atoms with Crippen molar-refractivity contribution in [1.82, 2.24) is 9.78 Å². The van der Waals surface area contributed by atoms with Gasteiger partial charge in [0, 0.05) is 17.3 Å². The van der Waals surface area contributed by atoms with Crippen molar-refractivity contribution in [2.45, 2.75) is 0 Å². The zero-order chi connectivity index (χ0) is 10.1. The van der Waals surface area contributed by atoms with Crippen LogP contribution in [0.3, 0.4) is 0 Å². The average Bonchev–Trinajstić information content (AvgIpc) is 2.44. The second-order valence-electron chi connectivity index (χ2n) is 2.78. The van der Waals surface area contributed by atoms with E-state index < -0.39 is 0 Å². The van der Waals surface area contributed by atoms with Crippen LogP contribution in [-0.4, -0.2) is 9.78 Å². The number of hydrogen-bond acceptors (Lipinski definition) is 2. The smallest absolute Gasteiger partial charge is 0.135 e. The van der Waals surface area contributed by atoms with Gasteiger partial charge in [-0.25, -0.2) is 0 Å². The number of fused-ring (bicyclic) bond motifs is 1. The van der Waals surface area contributed by atoms with Crippen LogP contribution in [-0.2, 0) is 7.05 Å². The number of para-hydroxylation sites is 1. The molecule has 0 amide bonds. The highest BCUT2D eigenvalue weighted by molar-refractivity contribution is 9.10. The van der Waals surface area contributed by atoms with Gasteiger partial charge in [-0.15, -0.1) is 0 Å². The van der Waals surface area contributed by atoms with Gasteiger partial charge in [-0.2, -0.15) is 5.10 Å². The maximum Gasteiger partial charge on any atom is 0.135 e. The van der Waals surface area contributed by atoms with Crippen LogP contribution in [0, 0.1) is 0 Å². The van der Waals surface area contributed by atoms with Crippen LogP contribution in [0.5, 0.6) is 0 Å². The zero-order valence-electron chi connectivity index (χ0n) is 7.35. The first-order valence-corrected chi connectivity index (χ1v) is 4.69. The summed E-state index contributed by atoms with van der Waals surface area (Å²) in [6, 6.07) is 5.51. The molecule has 0 unspecified atom stereocenters. The Hall–Kier alpha value is -1.52. The maximum absolute atomic E-state index is 8.39. The van der Waals surface area contributed by atoms with Crippen molar-refractivity contribution in [3.8, 4) is 0 Å². The summed E-state index contributed by atoms with van der Waals surface area (Å²) in [6.45, 7) is 0. The molecule has 14 heavy (non-hydrogen) atoms. The zero-order valence-corrected chi connectivity index (χ0v) is 8.93. The Morgan fingerprint density at radius 2 is 2.36 bits per heavy atom. The van der Waals surface area contributed by atoms with E-state index in [0.717, 1.165) is 15.5 Å². The van der Waals surface area contributed by atoms with Gasteiger partial charge in [-0.3, -0.25) is 4.68 Å². The topological polar surface area (TPSA) is 66.6 Å². The highest BCUT2D eigenvalue weighted by atomic mass is 79.9. The summed E-state index contributed by atoms with van der Waals surface area (Å²) in [6.07, 6.45) is 0. The van der Waals surface area contributed by atoms with E-state index in [2.05, 4.69) is 31.1 Å². The molecule has 0 radical (unpaired) electrons. The molecular formula is C8H6BrN5. The lowest BCUT2D eigenvalue weighted by Gasteiger charge is -1.96. The monoisotopic (exact) mass is 251 g/mol. The third kappa shape index (κ3) is 1.25. The van der Waals surface area contributed by atoms with Gasteiger partial charge < -0.3 is 0 Å². The normalized spacial score (nSPS) is 10.1. The molecular weight excluding hydrogens is 246 g/mol. The minimum Gasteiger partial charge on any atom is -0.266 e. The molecule has 0 saturated heterocycles. The first kappa shape index (κ1) is 9.05. The number of benzene rings is 1. The number of halogens is 1. The Kier molecular flexibility index (Phi) is 2.15. The summed E-state index contributed by atoms with van der Waals surface area (Å²) in [5.74, 6) is 0. The van der Waals surface area contributed by atoms with Crippen molar-refractivity contribution < 1.29 is 0 Å². The fraction of sp³-hybridized carbons (Fsp3) is 0.125. The van der Waals surface area contributed by atoms with Crippen LogP contribution in [0.15, 0.2) is 27.9 Å². The quantitative estimate of drug-likeness (QED) is 0.436.